The van der Waals surface area contributed by atoms with Gasteiger partial charge < -0.3 is 5.32 Å². The predicted molar refractivity (Wildman–Crippen MR) is 87.8 cm³/mol. The number of carbonyl (C=O) groups is 1. The molecule has 4 rings (SSSR count). The predicted octanol–water partition coefficient (Wildman–Crippen LogP) is 3.02. The number of carbonyl (C=O) groups excluding carboxylic acids is 1. The first-order valence-corrected chi connectivity index (χ1v) is 8.72. The summed E-state index contributed by atoms with van der Waals surface area (Å²) in [5.41, 5.74) is 0.785. The third kappa shape index (κ3) is 2.81. The summed E-state index contributed by atoms with van der Waals surface area (Å²) < 4.78 is 15.1. The van der Waals surface area contributed by atoms with Crippen LogP contribution in [0.1, 0.15) is 50.4 Å². The normalized spacial score (nSPS) is 20.8. The van der Waals surface area contributed by atoms with Crippen molar-refractivity contribution in [2.45, 2.75) is 57.0 Å². The quantitative estimate of drug-likeness (QED) is 0.942. The molecule has 126 valence electrons. The summed E-state index contributed by atoms with van der Waals surface area (Å²) in [4.78, 5) is 12.8. The van der Waals surface area contributed by atoms with E-state index >= 15 is 0 Å². The van der Waals surface area contributed by atoms with E-state index in [4.69, 9.17) is 0 Å². The van der Waals surface area contributed by atoms with Crippen LogP contribution in [0.4, 0.5) is 4.39 Å². The SMILES string of the molecule is O=C(NC1CCCCC1)C1CCc2nnc(-c3ccc(F)cc3)n21. The molecular formula is C18H21FN4O. The Hall–Kier alpha value is -2.24. The summed E-state index contributed by atoms with van der Waals surface area (Å²) in [7, 11) is 0. The molecule has 0 bridgehead atoms. The van der Waals surface area contributed by atoms with E-state index in [1.54, 1.807) is 12.1 Å². The van der Waals surface area contributed by atoms with Crippen LogP contribution in [-0.4, -0.2) is 26.7 Å². The average Bonchev–Trinajstić information content (AvgIpc) is 3.18. The van der Waals surface area contributed by atoms with Crippen molar-refractivity contribution in [2.24, 2.45) is 0 Å². The van der Waals surface area contributed by atoms with Gasteiger partial charge in [0, 0.05) is 18.0 Å². The summed E-state index contributed by atoms with van der Waals surface area (Å²) in [5.74, 6) is 1.25. The van der Waals surface area contributed by atoms with Crippen LogP contribution >= 0.6 is 0 Å². The molecule has 1 saturated carbocycles. The first kappa shape index (κ1) is 15.3. The van der Waals surface area contributed by atoms with Crippen LogP contribution in [0.15, 0.2) is 24.3 Å². The molecule has 1 amide bonds. The number of nitrogens with zero attached hydrogens (tertiary/aromatic N) is 3. The molecule has 1 fully saturated rings. The van der Waals surface area contributed by atoms with Crippen molar-refractivity contribution in [3.63, 3.8) is 0 Å². The highest BCUT2D eigenvalue weighted by Crippen LogP contribution is 2.31. The minimum Gasteiger partial charge on any atom is -0.352 e. The molecule has 0 radical (unpaired) electrons. The molecule has 1 aromatic heterocycles. The van der Waals surface area contributed by atoms with Gasteiger partial charge in [-0.15, -0.1) is 10.2 Å². The highest BCUT2D eigenvalue weighted by molar-refractivity contribution is 5.82. The summed E-state index contributed by atoms with van der Waals surface area (Å²) in [6.45, 7) is 0. The van der Waals surface area contributed by atoms with Crippen molar-refractivity contribution in [3.05, 3.63) is 35.9 Å². The van der Waals surface area contributed by atoms with Crippen LogP contribution in [-0.2, 0) is 11.2 Å². The van der Waals surface area contributed by atoms with Gasteiger partial charge in [0.25, 0.3) is 0 Å². The first-order chi connectivity index (χ1) is 11.7. The van der Waals surface area contributed by atoms with Crippen molar-refractivity contribution >= 4 is 5.91 Å². The lowest BCUT2D eigenvalue weighted by molar-refractivity contribution is -0.125. The summed E-state index contributed by atoms with van der Waals surface area (Å²) in [5, 5.41) is 11.6. The first-order valence-electron chi connectivity index (χ1n) is 8.72. The highest BCUT2D eigenvalue weighted by atomic mass is 19.1. The molecule has 2 heterocycles. The van der Waals surface area contributed by atoms with E-state index < -0.39 is 0 Å². The number of fused-ring (bicyclic) bond motifs is 1. The van der Waals surface area contributed by atoms with E-state index in [9.17, 15) is 9.18 Å². The summed E-state index contributed by atoms with van der Waals surface area (Å²) in [6.07, 6.45) is 7.27. The Labute approximate surface area is 140 Å². The van der Waals surface area contributed by atoms with Gasteiger partial charge in [0.15, 0.2) is 5.82 Å². The second-order valence-electron chi connectivity index (χ2n) is 6.71. The monoisotopic (exact) mass is 328 g/mol. The van der Waals surface area contributed by atoms with Crippen molar-refractivity contribution < 1.29 is 9.18 Å². The summed E-state index contributed by atoms with van der Waals surface area (Å²) >= 11 is 0. The lowest BCUT2D eigenvalue weighted by Crippen LogP contribution is -2.40. The van der Waals surface area contributed by atoms with Crippen molar-refractivity contribution in [2.75, 3.05) is 0 Å². The largest absolute Gasteiger partial charge is 0.352 e. The topological polar surface area (TPSA) is 59.8 Å². The molecule has 2 aliphatic rings. The Bertz CT molecular complexity index is 734. The van der Waals surface area contributed by atoms with Crippen molar-refractivity contribution in [1.29, 1.82) is 0 Å². The van der Waals surface area contributed by atoms with Crippen LogP contribution in [0.2, 0.25) is 0 Å². The minimum absolute atomic E-state index is 0.0591. The molecule has 0 saturated heterocycles. The van der Waals surface area contributed by atoms with Crippen LogP contribution in [0, 0.1) is 5.82 Å². The van der Waals surface area contributed by atoms with Crippen LogP contribution in [0.3, 0.4) is 0 Å². The maximum atomic E-state index is 13.2. The van der Waals surface area contributed by atoms with Gasteiger partial charge >= 0.3 is 0 Å². The second kappa shape index (κ2) is 6.34. The molecule has 5 nitrogen and oxygen atoms in total. The molecule has 1 unspecified atom stereocenters. The van der Waals surface area contributed by atoms with E-state index in [-0.39, 0.29) is 17.8 Å². The Morgan fingerprint density at radius 2 is 1.83 bits per heavy atom. The third-order valence-corrected chi connectivity index (χ3v) is 5.08. The van der Waals surface area contributed by atoms with E-state index in [0.717, 1.165) is 37.1 Å². The fourth-order valence-electron chi connectivity index (χ4n) is 3.80. The van der Waals surface area contributed by atoms with E-state index in [1.165, 1.54) is 31.4 Å². The molecule has 6 heteroatoms. The van der Waals surface area contributed by atoms with Crippen molar-refractivity contribution in [3.8, 4) is 11.4 Å². The molecule has 0 spiro atoms. The van der Waals surface area contributed by atoms with E-state index in [2.05, 4.69) is 15.5 Å². The fourth-order valence-corrected chi connectivity index (χ4v) is 3.80. The van der Waals surface area contributed by atoms with Gasteiger partial charge in [0.05, 0.1) is 0 Å². The number of benzene rings is 1. The number of aromatic nitrogens is 3. The maximum Gasteiger partial charge on any atom is 0.243 e. The molecule has 1 atom stereocenters. The van der Waals surface area contributed by atoms with Crippen molar-refractivity contribution in [1.82, 2.24) is 20.1 Å². The highest BCUT2D eigenvalue weighted by Gasteiger charge is 2.33. The van der Waals surface area contributed by atoms with Crippen LogP contribution in [0.5, 0.6) is 0 Å². The maximum absolute atomic E-state index is 13.2. The van der Waals surface area contributed by atoms with E-state index in [1.807, 2.05) is 4.57 Å². The Kier molecular flexibility index (Phi) is 4.04. The standard InChI is InChI=1S/C18H21FN4O/c19-13-8-6-12(7-9-13)17-22-21-16-11-10-15(23(16)17)18(24)20-14-4-2-1-3-5-14/h6-9,14-15H,1-5,10-11H2,(H,20,24). The molecule has 2 aromatic rings. The Morgan fingerprint density at radius 1 is 1.08 bits per heavy atom. The summed E-state index contributed by atoms with van der Waals surface area (Å²) in [6, 6.07) is 6.20. The number of rotatable bonds is 3. The zero-order valence-corrected chi connectivity index (χ0v) is 13.5. The molecule has 1 aromatic carbocycles. The van der Waals surface area contributed by atoms with Gasteiger partial charge in [-0.3, -0.25) is 9.36 Å². The Balaban J connectivity index is 1.57. The fraction of sp³-hybridized carbons (Fsp3) is 0.500. The second-order valence-corrected chi connectivity index (χ2v) is 6.71. The average molecular weight is 328 g/mol. The van der Waals surface area contributed by atoms with E-state index in [0.29, 0.717) is 11.9 Å². The molecule has 1 N–H and O–H groups in total. The van der Waals surface area contributed by atoms with Gasteiger partial charge in [-0.1, -0.05) is 19.3 Å². The van der Waals surface area contributed by atoms with Gasteiger partial charge in [-0.25, -0.2) is 4.39 Å². The van der Waals surface area contributed by atoms with Gasteiger partial charge in [0.2, 0.25) is 5.91 Å². The lowest BCUT2D eigenvalue weighted by Gasteiger charge is -2.25. The zero-order chi connectivity index (χ0) is 16.5. The molecule has 1 aliphatic heterocycles. The Morgan fingerprint density at radius 3 is 2.58 bits per heavy atom. The molecule has 24 heavy (non-hydrogen) atoms. The number of nitrogens with one attached hydrogen (secondary N) is 1. The smallest absolute Gasteiger partial charge is 0.243 e. The number of aryl methyl sites for hydroxylation is 1. The number of hydrogen-bond acceptors (Lipinski definition) is 3. The van der Waals surface area contributed by atoms with Gasteiger partial charge in [0.1, 0.15) is 17.7 Å². The van der Waals surface area contributed by atoms with Gasteiger partial charge in [-0.2, -0.15) is 0 Å². The molecular weight excluding hydrogens is 307 g/mol. The number of hydrogen-bond donors (Lipinski definition) is 1. The molecule has 1 aliphatic carbocycles. The van der Waals surface area contributed by atoms with Gasteiger partial charge in [-0.05, 0) is 43.5 Å². The third-order valence-electron chi connectivity index (χ3n) is 5.08. The number of amides is 1. The number of halogens is 1. The van der Waals surface area contributed by atoms with Crippen LogP contribution < -0.4 is 5.32 Å². The minimum atomic E-state index is -0.286. The zero-order valence-electron chi connectivity index (χ0n) is 13.5. The lowest BCUT2D eigenvalue weighted by atomic mass is 9.95. The van der Waals surface area contributed by atoms with Crippen LogP contribution in [0.25, 0.3) is 11.4 Å².